The number of nitrogens with one attached hydrogen (secondary N) is 1. The molecular formula is C7H6BrF3N2O2S. The van der Waals surface area contributed by atoms with Gasteiger partial charge in [0.2, 0.25) is 0 Å². The van der Waals surface area contributed by atoms with Crippen molar-refractivity contribution in [2.24, 2.45) is 0 Å². The van der Waals surface area contributed by atoms with E-state index in [2.05, 4.69) is 26.2 Å². The van der Waals surface area contributed by atoms with E-state index in [1.807, 2.05) is 0 Å². The maximum absolute atomic E-state index is 12.3. The molecule has 1 rings (SSSR count). The standard InChI is InChI=1S/C7H6BrF3N2O2S/c8-5-4(7(9,10)11)13-6(16-5)12-2-1-3(14)15/h1-2H2,(H,12,13)(H,14,15). The van der Waals surface area contributed by atoms with Crippen LogP contribution in [0.4, 0.5) is 18.3 Å². The van der Waals surface area contributed by atoms with Crippen LogP contribution in [0, 0.1) is 0 Å². The molecule has 0 amide bonds. The maximum atomic E-state index is 12.3. The van der Waals surface area contributed by atoms with Crippen LogP contribution in [0.3, 0.4) is 0 Å². The monoisotopic (exact) mass is 318 g/mol. The molecule has 1 aromatic heterocycles. The van der Waals surface area contributed by atoms with Crippen molar-refractivity contribution in [2.45, 2.75) is 12.6 Å². The van der Waals surface area contributed by atoms with Gasteiger partial charge < -0.3 is 10.4 Å². The van der Waals surface area contributed by atoms with Crippen molar-refractivity contribution in [2.75, 3.05) is 11.9 Å². The normalized spacial score (nSPS) is 11.5. The average molecular weight is 319 g/mol. The highest BCUT2D eigenvalue weighted by molar-refractivity contribution is 9.11. The summed E-state index contributed by atoms with van der Waals surface area (Å²) in [6.07, 6.45) is -4.69. The minimum absolute atomic E-state index is 0.0343. The molecule has 0 aliphatic rings. The Morgan fingerprint density at radius 3 is 2.62 bits per heavy atom. The minimum atomic E-state index is -4.51. The molecule has 1 heterocycles. The lowest BCUT2D eigenvalue weighted by Crippen LogP contribution is -2.09. The second-order valence-electron chi connectivity index (χ2n) is 2.71. The SMILES string of the molecule is O=C(O)CCNc1nc(C(F)(F)F)c(Br)s1. The van der Waals surface area contributed by atoms with Gasteiger partial charge in [-0.3, -0.25) is 4.79 Å². The van der Waals surface area contributed by atoms with Crippen LogP contribution >= 0.6 is 27.3 Å². The van der Waals surface area contributed by atoms with Gasteiger partial charge in [-0.25, -0.2) is 4.98 Å². The summed E-state index contributed by atoms with van der Waals surface area (Å²) in [6, 6.07) is 0. The number of anilines is 1. The Kier molecular flexibility index (Phi) is 4.14. The molecule has 2 N–H and O–H groups in total. The maximum Gasteiger partial charge on any atom is 0.435 e. The lowest BCUT2D eigenvalue weighted by atomic mass is 10.4. The summed E-state index contributed by atoms with van der Waals surface area (Å²) in [4.78, 5) is 13.5. The second kappa shape index (κ2) is 5.00. The topological polar surface area (TPSA) is 62.2 Å². The molecule has 90 valence electrons. The van der Waals surface area contributed by atoms with E-state index < -0.39 is 17.8 Å². The largest absolute Gasteiger partial charge is 0.481 e. The Morgan fingerprint density at radius 2 is 2.19 bits per heavy atom. The number of alkyl halides is 3. The number of rotatable bonds is 4. The molecule has 0 aliphatic carbocycles. The van der Waals surface area contributed by atoms with Gasteiger partial charge in [-0.2, -0.15) is 13.2 Å². The zero-order valence-corrected chi connectivity index (χ0v) is 10.0. The molecule has 0 radical (unpaired) electrons. The van der Waals surface area contributed by atoms with Gasteiger partial charge in [0.25, 0.3) is 0 Å². The minimum Gasteiger partial charge on any atom is -0.481 e. The number of nitrogens with zero attached hydrogens (tertiary/aromatic N) is 1. The number of aromatic nitrogens is 1. The quantitative estimate of drug-likeness (QED) is 0.896. The van der Waals surface area contributed by atoms with Crippen molar-refractivity contribution in [1.82, 2.24) is 4.98 Å². The van der Waals surface area contributed by atoms with E-state index in [4.69, 9.17) is 5.11 Å². The molecule has 0 unspecified atom stereocenters. The Labute approximate surface area is 101 Å². The third-order valence-electron chi connectivity index (χ3n) is 1.47. The van der Waals surface area contributed by atoms with Crippen molar-refractivity contribution in [3.8, 4) is 0 Å². The van der Waals surface area contributed by atoms with Crippen molar-refractivity contribution < 1.29 is 23.1 Å². The molecule has 0 spiro atoms. The molecule has 0 aromatic carbocycles. The molecule has 0 fully saturated rings. The summed E-state index contributed by atoms with van der Waals surface area (Å²) in [5, 5.41) is 10.9. The predicted molar refractivity (Wildman–Crippen MR) is 55.6 cm³/mol. The molecule has 0 aliphatic heterocycles. The number of halogens is 4. The molecular weight excluding hydrogens is 313 g/mol. The Bertz CT molecular complexity index is 393. The van der Waals surface area contributed by atoms with E-state index in [1.54, 1.807) is 0 Å². The van der Waals surface area contributed by atoms with Crippen LogP contribution in [-0.2, 0) is 11.0 Å². The average Bonchev–Trinajstić information content (AvgIpc) is 2.45. The van der Waals surface area contributed by atoms with Gasteiger partial charge in [0.1, 0.15) is 3.79 Å². The van der Waals surface area contributed by atoms with Gasteiger partial charge in [0.05, 0.1) is 6.42 Å². The van der Waals surface area contributed by atoms with Crippen molar-refractivity contribution in [3.63, 3.8) is 0 Å². The fraction of sp³-hybridized carbons (Fsp3) is 0.429. The van der Waals surface area contributed by atoms with E-state index in [9.17, 15) is 18.0 Å². The van der Waals surface area contributed by atoms with E-state index in [0.717, 1.165) is 11.3 Å². The Balaban J connectivity index is 2.67. The highest BCUT2D eigenvalue weighted by Gasteiger charge is 2.36. The lowest BCUT2D eigenvalue weighted by Gasteiger charge is -2.01. The molecule has 1 aromatic rings. The molecule has 9 heteroatoms. The van der Waals surface area contributed by atoms with E-state index in [1.165, 1.54) is 0 Å². The molecule has 0 bridgehead atoms. The van der Waals surface area contributed by atoms with Crippen LogP contribution in [0.5, 0.6) is 0 Å². The first-order valence-electron chi connectivity index (χ1n) is 4.00. The Morgan fingerprint density at radius 1 is 1.56 bits per heavy atom. The van der Waals surface area contributed by atoms with Crippen LogP contribution in [-0.4, -0.2) is 22.6 Å². The molecule has 0 saturated heterocycles. The first-order chi connectivity index (χ1) is 7.30. The predicted octanol–water partition coefficient (Wildman–Crippen LogP) is 2.81. The van der Waals surface area contributed by atoms with Crippen molar-refractivity contribution in [3.05, 3.63) is 9.48 Å². The highest BCUT2D eigenvalue weighted by atomic mass is 79.9. The second-order valence-corrected chi connectivity index (χ2v) is 5.03. The number of thiazole rings is 1. The number of carbonyl (C=O) groups is 1. The van der Waals surface area contributed by atoms with Gasteiger partial charge in [0, 0.05) is 6.54 Å². The van der Waals surface area contributed by atoms with E-state index in [0.29, 0.717) is 0 Å². The summed E-state index contributed by atoms with van der Waals surface area (Å²) >= 11 is 3.53. The van der Waals surface area contributed by atoms with Crippen LogP contribution in [0.15, 0.2) is 3.79 Å². The highest BCUT2D eigenvalue weighted by Crippen LogP contribution is 2.39. The zero-order valence-electron chi connectivity index (χ0n) is 7.64. The van der Waals surface area contributed by atoms with Crippen LogP contribution in [0.25, 0.3) is 0 Å². The summed E-state index contributed by atoms with van der Waals surface area (Å²) in [6.45, 7) is 0.0343. The zero-order chi connectivity index (χ0) is 12.3. The molecule has 0 atom stereocenters. The summed E-state index contributed by atoms with van der Waals surface area (Å²) in [7, 11) is 0. The first-order valence-corrected chi connectivity index (χ1v) is 5.61. The van der Waals surface area contributed by atoms with Gasteiger partial charge in [-0.1, -0.05) is 11.3 Å². The van der Waals surface area contributed by atoms with Crippen LogP contribution in [0.1, 0.15) is 12.1 Å². The fourth-order valence-electron chi connectivity index (χ4n) is 0.828. The third-order valence-corrected chi connectivity index (χ3v) is 3.13. The number of hydrogen-bond donors (Lipinski definition) is 2. The lowest BCUT2D eigenvalue weighted by molar-refractivity contribution is -0.141. The number of carboxylic acids is 1. The van der Waals surface area contributed by atoms with Gasteiger partial charge in [-0.15, -0.1) is 0 Å². The third kappa shape index (κ3) is 3.63. The molecule has 0 saturated carbocycles. The van der Waals surface area contributed by atoms with Crippen LogP contribution in [0.2, 0.25) is 0 Å². The molecule has 16 heavy (non-hydrogen) atoms. The van der Waals surface area contributed by atoms with Crippen molar-refractivity contribution in [1.29, 1.82) is 0 Å². The van der Waals surface area contributed by atoms with E-state index >= 15 is 0 Å². The summed E-state index contributed by atoms with van der Waals surface area (Å²) in [5.74, 6) is -1.03. The Hall–Kier alpha value is -0.830. The molecule has 4 nitrogen and oxygen atoms in total. The van der Waals surface area contributed by atoms with Gasteiger partial charge in [0.15, 0.2) is 10.8 Å². The van der Waals surface area contributed by atoms with Crippen LogP contribution < -0.4 is 5.32 Å². The number of hydrogen-bond acceptors (Lipinski definition) is 4. The smallest absolute Gasteiger partial charge is 0.435 e. The van der Waals surface area contributed by atoms with Crippen molar-refractivity contribution >= 4 is 38.4 Å². The number of aliphatic carboxylic acids is 1. The first kappa shape index (κ1) is 13.2. The summed E-state index contributed by atoms with van der Waals surface area (Å²) < 4.78 is 36.8. The van der Waals surface area contributed by atoms with Gasteiger partial charge >= 0.3 is 12.1 Å². The van der Waals surface area contributed by atoms with Gasteiger partial charge in [-0.05, 0) is 15.9 Å². The number of carboxylic acid groups (broad SMARTS) is 1. The fourth-order valence-corrected chi connectivity index (χ4v) is 2.34. The van der Waals surface area contributed by atoms with E-state index in [-0.39, 0.29) is 21.9 Å². The summed E-state index contributed by atoms with van der Waals surface area (Å²) in [5.41, 5.74) is -1.00.